The van der Waals surface area contributed by atoms with Crippen molar-refractivity contribution in [2.45, 2.75) is 13.0 Å². The molecule has 0 amide bonds. The molecule has 1 heterocycles. The maximum absolute atomic E-state index is 9.76. The number of hydrogen-bond donors (Lipinski definition) is 2. The SMILES string of the molecule is Oc1ccccc1CNCCc1cc(-c2ccccc2)cnc1Cl. The highest BCUT2D eigenvalue weighted by Crippen LogP contribution is 2.23. The van der Waals surface area contributed by atoms with Crippen LogP contribution < -0.4 is 5.32 Å². The second-order valence-corrected chi connectivity index (χ2v) is 5.95. The number of aromatic hydroxyl groups is 1. The molecule has 0 bridgehead atoms. The third-order valence-corrected chi connectivity index (χ3v) is 4.24. The van der Waals surface area contributed by atoms with Crippen molar-refractivity contribution >= 4 is 11.6 Å². The van der Waals surface area contributed by atoms with Crippen molar-refractivity contribution in [3.8, 4) is 16.9 Å². The summed E-state index contributed by atoms with van der Waals surface area (Å²) in [4.78, 5) is 4.30. The van der Waals surface area contributed by atoms with Crippen molar-refractivity contribution in [3.05, 3.63) is 83.1 Å². The predicted molar refractivity (Wildman–Crippen MR) is 98.2 cm³/mol. The van der Waals surface area contributed by atoms with E-state index in [0.717, 1.165) is 35.2 Å². The van der Waals surface area contributed by atoms with Crippen LogP contribution in [0.4, 0.5) is 0 Å². The van der Waals surface area contributed by atoms with Crippen molar-refractivity contribution in [2.24, 2.45) is 0 Å². The van der Waals surface area contributed by atoms with E-state index in [1.54, 1.807) is 12.3 Å². The van der Waals surface area contributed by atoms with Crippen LogP contribution in [0.25, 0.3) is 11.1 Å². The van der Waals surface area contributed by atoms with E-state index in [-0.39, 0.29) is 0 Å². The highest BCUT2D eigenvalue weighted by atomic mass is 35.5. The Balaban J connectivity index is 1.62. The first kappa shape index (κ1) is 16.5. The Morgan fingerprint density at radius 2 is 1.67 bits per heavy atom. The Hall–Kier alpha value is -2.36. The molecule has 3 nitrogen and oxygen atoms in total. The van der Waals surface area contributed by atoms with Gasteiger partial charge in [0.25, 0.3) is 0 Å². The molecule has 2 N–H and O–H groups in total. The summed E-state index contributed by atoms with van der Waals surface area (Å²) in [6.07, 6.45) is 2.58. The third kappa shape index (κ3) is 4.13. The van der Waals surface area contributed by atoms with Gasteiger partial charge in [-0.3, -0.25) is 0 Å². The van der Waals surface area contributed by atoms with Crippen LogP contribution in [0.1, 0.15) is 11.1 Å². The fourth-order valence-electron chi connectivity index (χ4n) is 2.56. The Kier molecular flexibility index (Phi) is 5.47. The number of hydrogen-bond acceptors (Lipinski definition) is 3. The average molecular weight is 339 g/mol. The normalized spacial score (nSPS) is 10.7. The Morgan fingerprint density at radius 3 is 2.46 bits per heavy atom. The third-order valence-electron chi connectivity index (χ3n) is 3.90. The molecule has 2 aromatic carbocycles. The van der Waals surface area contributed by atoms with E-state index in [1.807, 2.05) is 36.4 Å². The first-order chi connectivity index (χ1) is 11.7. The first-order valence-electron chi connectivity index (χ1n) is 7.91. The molecule has 0 saturated carbocycles. The Labute approximate surface area is 147 Å². The lowest BCUT2D eigenvalue weighted by Gasteiger charge is -2.09. The molecule has 122 valence electrons. The summed E-state index contributed by atoms with van der Waals surface area (Å²) in [6, 6.07) is 19.6. The van der Waals surface area contributed by atoms with E-state index in [2.05, 4.69) is 28.5 Å². The lowest BCUT2D eigenvalue weighted by molar-refractivity contribution is 0.464. The topological polar surface area (TPSA) is 45.1 Å². The van der Waals surface area contributed by atoms with Crippen molar-refractivity contribution in [2.75, 3.05) is 6.54 Å². The summed E-state index contributed by atoms with van der Waals surface area (Å²) in [6.45, 7) is 1.38. The Bertz CT molecular complexity index is 806. The minimum atomic E-state index is 0.316. The largest absolute Gasteiger partial charge is 0.508 e. The van der Waals surface area contributed by atoms with Crippen LogP contribution in [0.5, 0.6) is 5.75 Å². The molecule has 0 aliphatic heterocycles. The van der Waals surface area contributed by atoms with E-state index in [9.17, 15) is 5.11 Å². The monoisotopic (exact) mass is 338 g/mol. The Morgan fingerprint density at radius 1 is 0.917 bits per heavy atom. The van der Waals surface area contributed by atoms with Crippen LogP contribution in [-0.4, -0.2) is 16.6 Å². The highest BCUT2D eigenvalue weighted by Gasteiger charge is 2.06. The molecule has 0 saturated heterocycles. The number of nitrogens with one attached hydrogen (secondary N) is 1. The molecule has 4 heteroatoms. The smallest absolute Gasteiger partial charge is 0.132 e. The summed E-state index contributed by atoms with van der Waals surface area (Å²) in [5.41, 5.74) is 4.10. The molecule has 3 rings (SSSR count). The minimum absolute atomic E-state index is 0.316. The van der Waals surface area contributed by atoms with Gasteiger partial charge in [-0.25, -0.2) is 4.98 Å². The number of rotatable bonds is 6. The van der Waals surface area contributed by atoms with Gasteiger partial charge in [-0.1, -0.05) is 60.1 Å². The van der Waals surface area contributed by atoms with Gasteiger partial charge >= 0.3 is 0 Å². The fraction of sp³-hybridized carbons (Fsp3) is 0.150. The number of phenolic OH excluding ortho intramolecular Hbond substituents is 1. The number of aromatic nitrogens is 1. The number of nitrogens with zero attached hydrogens (tertiary/aromatic N) is 1. The van der Waals surface area contributed by atoms with Crippen LogP contribution in [0.15, 0.2) is 66.9 Å². The highest BCUT2D eigenvalue weighted by molar-refractivity contribution is 6.30. The molecule has 24 heavy (non-hydrogen) atoms. The number of phenols is 1. The zero-order chi connectivity index (χ0) is 16.8. The van der Waals surface area contributed by atoms with Gasteiger partial charge in [0.1, 0.15) is 10.9 Å². The van der Waals surface area contributed by atoms with E-state index >= 15 is 0 Å². The van der Waals surface area contributed by atoms with Gasteiger partial charge in [0.05, 0.1) is 0 Å². The fourth-order valence-corrected chi connectivity index (χ4v) is 2.76. The molecule has 1 aromatic heterocycles. The first-order valence-corrected chi connectivity index (χ1v) is 8.29. The minimum Gasteiger partial charge on any atom is -0.508 e. The van der Waals surface area contributed by atoms with Gasteiger partial charge in [-0.15, -0.1) is 0 Å². The van der Waals surface area contributed by atoms with Crippen molar-refractivity contribution in [3.63, 3.8) is 0 Å². The van der Waals surface area contributed by atoms with Gasteiger partial charge in [-0.05, 0) is 36.2 Å². The second kappa shape index (κ2) is 7.95. The zero-order valence-electron chi connectivity index (χ0n) is 13.2. The van der Waals surface area contributed by atoms with Gasteiger partial charge in [0, 0.05) is 23.9 Å². The molecule has 0 atom stereocenters. The van der Waals surface area contributed by atoms with Crippen molar-refractivity contribution in [1.29, 1.82) is 0 Å². The van der Waals surface area contributed by atoms with Crippen molar-refractivity contribution < 1.29 is 5.11 Å². The molecule has 0 unspecified atom stereocenters. The number of halogens is 1. The molecule has 0 aliphatic rings. The quantitative estimate of drug-likeness (QED) is 0.516. The lowest BCUT2D eigenvalue weighted by atomic mass is 10.0. The van der Waals surface area contributed by atoms with E-state index in [0.29, 0.717) is 17.4 Å². The van der Waals surface area contributed by atoms with Crippen LogP contribution in [0.3, 0.4) is 0 Å². The number of benzene rings is 2. The molecule has 0 radical (unpaired) electrons. The lowest BCUT2D eigenvalue weighted by Crippen LogP contribution is -2.17. The molecule has 0 fully saturated rings. The van der Waals surface area contributed by atoms with E-state index < -0.39 is 0 Å². The van der Waals surface area contributed by atoms with Gasteiger partial charge in [0.15, 0.2) is 0 Å². The summed E-state index contributed by atoms with van der Waals surface area (Å²) in [5, 5.41) is 13.6. The summed E-state index contributed by atoms with van der Waals surface area (Å²) < 4.78 is 0. The number of para-hydroxylation sites is 1. The maximum Gasteiger partial charge on any atom is 0.132 e. The molecule has 3 aromatic rings. The van der Waals surface area contributed by atoms with Gasteiger partial charge < -0.3 is 10.4 Å². The molecular formula is C20H19ClN2O. The van der Waals surface area contributed by atoms with Crippen LogP contribution in [-0.2, 0) is 13.0 Å². The zero-order valence-corrected chi connectivity index (χ0v) is 14.0. The van der Waals surface area contributed by atoms with Crippen LogP contribution >= 0.6 is 11.6 Å². The van der Waals surface area contributed by atoms with Gasteiger partial charge in [-0.2, -0.15) is 0 Å². The van der Waals surface area contributed by atoms with E-state index in [1.165, 1.54) is 0 Å². The summed E-state index contributed by atoms with van der Waals surface area (Å²) in [5.74, 6) is 0.316. The van der Waals surface area contributed by atoms with Crippen molar-refractivity contribution in [1.82, 2.24) is 10.3 Å². The summed E-state index contributed by atoms with van der Waals surface area (Å²) >= 11 is 6.23. The predicted octanol–water partition coefficient (Wildman–Crippen LogP) is 4.44. The van der Waals surface area contributed by atoms with E-state index in [4.69, 9.17) is 11.6 Å². The van der Waals surface area contributed by atoms with Crippen LogP contribution in [0, 0.1) is 0 Å². The van der Waals surface area contributed by atoms with Crippen LogP contribution in [0.2, 0.25) is 5.15 Å². The molecular weight excluding hydrogens is 320 g/mol. The maximum atomic E-state index is 9.76. The number of pyridine rings is 1. The second-order valence-electron chi connectivity index (χ2n) is 5.60. The summed E-state index contributed by atoms with van der Waals surface area (Å²) in [7, 11) is 0. The molecule has 0 spiro atoms. The van der Waals surface area contributed by atoms with Gasteiger partial charge in [0.2, 0.25) is 0 Å². The molecule has 0 aliphatic carbocycles. The average Bonchev–Trinajstić information content (AvgIpc) is 2.62. The standard InChI is InChI=1S/C20H19ClN2O/c21-20-16(10-11-22-13-17-8-4-5-9-19(17)24)12-18(14-23-20)15-6-2-1-3-7-15/h1-9,12,14,22,24H,10-11,13H2.